The molecule has 1 heterocycles. The van der Waals surface area contributed by atoms with E-state index in [1.165, 1.54) is 5.56 Å². The van der Waals surface area contributed by atoms with Crippen molar-refractivity contribution in [2.45, 2.75) is 37.2 Å². The Bertz CT molecular complexity index is 451. The summed E-state index contributed by atoms with van der Waals surface area (Å²) in [6, 6.07) is 7.12. The van der Waals surface area contributed by atoms with Crippen molar-refractivity contribution in [3.8, 4) is 5.75 Å². The SMILES string of the molecule is CC(C)(SCC1Cc2ccccc2O1)[C@H](N)C(=O)O. The Morgan fingerprint density at radius 3 is 2.89 bits per heavy atom. The summed E-state index contributed by atoms with van der Waals surface area (Å²) in [6.45, 7) is 3.72. The monoisotopic (exact) mass is 281 g/mol. The molecule has 1 aliphatic rings. The highest BCUT2D eigenvalue weighted by molar-refractivity contribution is 8.00. The molecule has 104 valence electrons. The normalized spacial score (nSPS) is 19.6. The Morgan fingerprint density at radius 2 is 2.26 bits per heavy atom. The molecule has 2 atom stereocenters. The smallest absolute Gasteiger partial charge is 0.321 e. The number of carboxylic acids is 1. The highest BCUT2D eigenvalue weighted by Crippen LogP contribution is 2.33. The van der Waals surface area contributed by atoms with Crippen molar-refractivity contribution in [3.63, 3.8) is 0 Å². The zero-order chi connectivity index (χ0) is 14.0. The molecule has 1 unspecified atom stereocenters. The first-order valence-corrected chi connectivity index (χ1v) is 7.25. The van der Waals surface area contributed by atoms with Gasteiger partial charge in [-0.3, -0.25) is 4.79 Å². The molecular weight excluding hydrogens is 262 g/mol. The number of hydrogen-bond donors (Lipinski definition) is 2. The van der Waals surface area contributed by atoms with Crippen LogP contribution in [0.15, 0.2) is 24.3 Å². The second-order valence-corrected chi connectivity index (χ2v) is 6.96. The van der Waals surface area contributed by atoms with Crippen LogP contribution in [0.2, 0.25) is 0 Å². The maximum Gasteiger partial charge on any atom is 0.321 e. The molecule has 0 radical (unpaired) electrons. The standard InChI is InChI=1S/C14H19NO3S/c1-14(2,12(15)13(16)17)19-8-10-7-9-5-3-4-6-11(9)18-10/h3-6,10,12H,7-8,15H2,1-2H3,(H,16,17)/t10?,12-/m1/s1. The van der Waals surface area contributed by atoms with Gasteiger partial charge in [-0.05, 0) is 25.5 Å². The zero-order valence-corrected chi connectivity index (χ0v) is 11.9. The molecule has 0 fully saturated rings. The van der Waals surface area contributed by atoms with Gasteiger partial charge in [-0.2, -0.15) is 0 Å². The molecule has 0 amide bonds. The van der Waals surface area contributed by atoms with E-state index < -0.39 is 16.8 Å². The number of rotatable bonds is 5. The number of hydrogen-bond acceptors (Lipinski definition) is 4. The lowest BCUT2D eigenvalue weighted by molar-refractivity contribution is -0.139. The van der Waals surface area contributed by atoms with E-state index >= 15 is 0 Å². The van der Waals surface area contributed by atoms with E-state index in [-0.39, 0.29) is 6.10 Å². The van der Waals surface area contributed by atoms with Crippen molar-refractivity contribution in [3.05, 3.63) is 29.8 Å². The van der Waals surface area contributed by atoms with Crippen molar-refractivity contribution >= 4 is 17.7 Å². The van der Waals surface area contributed by atoms with Crippen LogP contribution >= 0.6 is 11.8 Å². The number of carboxylic acid groups (broad SMARTS) is 1. The molecule has 0 saturated carbocycles. The molecule has 1 aromatic carbocycles. The Balaban J connectivity index is 1.90. The number of para-hydroxylation sites is 1. The minimum atomic E-state index is -0.965. The first-order chi connectivity index (χ1) is 8.90. The van der Waals surface area contributed by atoms with E-state index in [1.807, 2.05) is 32.0 Å². The van der Waals surface area contributed by atoms with Crippen LogP contribution in [0.25, 0.3) is 0 Å². The van der Waals surface area contributed by atoms with Crippen LogP contribution in [-0.2, 0) is 11.2 Å². The van der Waals surface area contributed by atoms with E-state index in [4.69, 9.17) is 15.6 Å². The fraction of sp³-hybridized carbons (Fsp3) is 0.500. The first-order valence-electron chi connectivity index (χ1n) is 6.27. The highest BCUT2D eigenvalue weighted by atomic mass is 32.2. The molecule has 0 bridgehead atoms. The predicted octanol–water partition coefficient (Wildman–Crippen LogP) is 1.91. The molecule has 0 aliphatic carbocycles. The van der Waals surface area contributed by atoms with Gasteiger partial charge in [-0.25, -0.2) is 0 Å². The van der Waals surface area contributed by atoms with E-state index in [9.17, 15) is 4.79 Å². The topological polar surface area (TPSA) is 72.5 Å². The molecule has 3 N–H and O–H groups in total. The van der Waals surface area contributed by atoms with Gasteiger partial charge in [-0.1, -0.05) is 18.2 Å². The van der Waals surface area contributed by atoms with Crippen molar-refractivity contribution in [1.29, 1.82) is 0 Å². The molecule has 0 spiro atoms. The number of thioether (sulfide) groups is 1. The van der Waals surface area contributed by atoms with Gasteiger partial charge in [0.15, 0.2) is 0 Å². The van der Waals surface area contributed by atoms with Crippen LogP contribution in [0.1, 0.15) is 19.4 Å². The molecular formula is C14H19NO3S. The van der Waals surface area contributed by atoms with Crippen LogP contribution in [-0.4, -0.2) is 33.7 Å². The average Bonchev–Trinajstić information content (AvgIpc) is 2.78. The Kier molecular flexibility index (Phi) is 4.06. The quantitative estimate of drug-likeness (QED) is 0.862. The van der Waals surface area contributed by atoms with Gasteiger partial charge < -0.3 is 15.6 Å². The lowest BCUT2D eigenvalue weighted by atomic mass is 10.1. The summed E-state index contributed by atoms with van der Waals surface area (Å²) in [5, 5.41) is 8.98. The lowest BCUT2D eigenvalue weighted by Crippen LogP contribution is -2.47. The van der Waals surface area contributed by atoms with Crippen LogP contribution in [0, 0.1) is 0 Å². The molecule has 0 saturated heterocycles. The van der Waals surface area contributed by atoms with E-state index in [0.29, 0.717) is 0 Å². The van der Waals surface area contributed by atoms with Crippen molar-refractivity contribution in [2.75, 3.05) is 5.75 Å². The summed E-state index contributed by atoms with van der Waals surface area (Å²) in [6.07, 6.45) is 0.976. The van der Waals surface area contributed by atoms with E-state index in [0.717, 1.165) is 17.9 Å². The summed E-state index contributed by atoms with van der Waals surface area (Å²) in [5.74, 6) is 0.712. The molecule has 4 nitrogen and oxygen atoms in total. The zero-order valence-electron chi connectivity index (χ0n) is 11.1. The molecule has 1 aromatic rings. The molecule has 2 rings (SSSR count). The first kappa shape index (κ1) is 14.2. The third-order valence-corrected chi connectivity index (χ3v) is 4.91. The third kappa shape index (κ3) is 3.22. The van der Waals surface area contributed by atoms with Crippen molar-refractivity contribution in [1.82, 2.24) is 0 Å². The van der Waals surface area contributed by atoms with Crippen LogP contribution in [0.5, 0.6) is 5.75 Å². The highest BCUT2D eigenvalue weighted by Gasteiger charge is 2.34. The number of carbonyl (C=O) groups is 1. The van der Waals surface area contributed by atoms with Gasteiger partial charge in [0.25, 0.3) is 0 Å². The number of aliphatic carboxylic acids is 1. The number of fused-ring (bicyclic) bond motifs is 1. The van der Waals surface area contributed by atoms with Crippen LogP contribution in [0.3, 0.4) is 0 Å². The Labute approximate surface area is 117 Å². The largest absolute Gasteiger partial charge is 0.489 e. The van der Waals surface area contributed by atoms with Gasteiger partial charge >= 0.3 is 5.97 Å². The lowest BCUT2D eigenvalue weighted by Gasteiger charge is -2.29. The van der Waals surface area contributed by atoms with Crippen LogP contribution < -0.4 is 10.5 Å². The predicted molar refractivity (Wildman–Crippen MR) is 76.7 cm³/mol. The van der Waals surface area contributed by atoms with Gasteiger partial charge in [0.05, 0.1) is 0 Å². The summed E-state index contributed by atoms with van der Waals surface area (Å²) in [5.41, 5.74) is 6.92. The van der Waals surface area contributed by atoms with Crippen LogP contribution in [0.4, 0.5) is 0 Å². The second-order valence-electron chi connectivity index (χ2n) is 5.28. The minimum Gasteiger partial charge on any atom is -0.489 e. The van der Waals surface area contributed by atoms with Gasteiger partial charge in [0.1, 0.15) is 17.9 Å². The summed E-state index contributed by atoms with van der Waals surface area (Å²) in [4.78, 5) is 11.0. The third-order valence-electron chi connectivity index (χ3n) is 3.37. The van der Waals surface area contributed by atoms with Crippen molar-refractivity contribution < 1.29 is 14.6 Å². The average molecular weight is 281 g/mol. The van der Waals surface area contributed by atoms with Gasteiger partial charge in [0, 0.05) is 16.9 Å². The second kappa shape index (κ2) is 5.43. The fourth-order valence-corrected chi connectivity index (χ4v) is 3.12. The van der Waals surface area contributed by atoms with Gasteiger partial charge in [0.2, 0.25) is 0 Å². The van der Waals surface area contributed by atoms with E-state index in [2.05, 4.69) is 6.07 Å². The molecule has 1 aliphatic heterocycles. The molecule has 0 aromatic heterocycles. The number of benzene rings is 1. The van der Waals surface area contributed by atoms with Gasteiger partial charge in [-0.15, -0.1) is 11.8 Å². The number of nitrogens with two attached hydrogens (primary N) is 1. The fourth-order valence-electron chi connectivity index (χ4n) is 2.04. The maximum absolute atomic E-state index is 11.0. The van der Waals surface area contributed by atoms with E-state index in [1.54, 1.807) is 11.8 Å². The Morgan fingerprint density at radius 1 is 1.58 bits per heavy atom. The summed E-state index contributed by atoms with van der Waals surface area (Å²) >= 11 is 1.55. The number of ether oxygens (including phenoxy) is 1. The Hall–Kier alpha value is -1.20. The maximum atomic E-state index is 11.0. The van der Waals surface area contributed by atoms with Crippen molar-refractivity contribution in [2.24, 2.45) is 5.73 Å². The molecule has 19 heavy (non-hydrogen) atoms. The minimum absolute atomic E-state index is 0.0997. The summed E-state index contributed by atoms with van der Waals surface area (Å²) < 4.78 is 5.32. The summed E-state index contributed by atoms with van der Waals surface area (Å²) in [7, 11) is 0. The molecule has 5 heteroatoms.